The van der Waals surface area contributed by atoms with Crippen LogP contribution in [0, 0.1) is 0 Å². The van der Waals surface area contributed by atoms with E-state index in [1.807, 2.05) is 0 Å². The first-order chi connectivity index (χ1) is 33.2. The van der Waals surface area contributed by atoms with Gasteiger partial charge in [-0.25, -0.2) is 0 Å². The van der Waals surface area contributed by atoms with E-state index in [1.54, 1.807) is 11.3 Å². The lowest BCUT2D eigenvalue weighted by molar-refractivity contribution is 0.660. The van der Waals surface area contributed by atoms with Gasteiger partial charge in [0.2, 0.25) is 0 Å². The highest BCUT2D eigenvalue weighted by molar-refractivity contribution is 7.12. The van der Waals surface area contributed by atoms with E-state index in [1.165, 1.54) is 71.3 Å². The van der Waals surface area contributed by atoms with Crippen molar-refractivity contribution in [2.45, 2.75) is 38.5 Å². The molecule has 2 aliphatic carbocycles. The lowest BCUT2D eigenvalue weighted by Crippen LogP contribution is -2.17. The Hall–Kier alpha value is -7.92. The quantitative estimate of drug-likeness (QED) is 0.151. The summed E-state index contributed by atoms with van der Waals surface area (Å²) in [6, 6.07) is 81.2. The summed E-state index contributed by atoms with van der Waals surface area (Å²) in [4.78, 5) is 4.91. The highest BCUT2D eigenvalue weighted by Gasteiger charge is 2.37. The zero-order chi connectivity index (χ0) is 45.7. The molecule has 3 nitrogen and oxygen atoms in total. The van der Waals surface area contributed by atoms with Crippen LogP contribution in [0.1, 0.15) is 49.9 Å². The van der Waals surface area contributed by atoms with Crippen LogP contribution in [0.3, 0.4) is 0 Å². The normalized spacial score (nSPS) is 13.8. The predicted molar refractivity (Wildman–Crippen MR) is 289 cm³/mol. The lowest BCUT2D eigenvalue weighted by atomic mass is 9.82. The Labute approximate surface area is 402 Å². The molecular weight excluding hydrogens is 843 g/mol. The van der Waals surface area contributed by atoms with Gasteiger partial charge in [0.1, 0.15) is 0 Å². The van der Waals surface area contributed by atoms with Gasteiger partial charge in [0.25, 0.3) is 0 Å². The number of hydrogen-bond acceptors (Lipinski definition) is 3. The Morgan fingerprint density at radius 1 is 0.338 bits per heavy atom. The van der Waals surface area contributed by atoms with E-state index < -0.39 is 0 Å². The van der Waals surface area contributed by atoms with Crippen molar-refractivity contribution in [3.63, 3.8) is 0 Å². The fourth-order valence-electron chi connectivity index (χ4n) is 11.5. The summed E-state index contributed by atoms with van der Waals surface area (Å²) in [5.74, 6) is 0. The number of anilines is 6. The second-order valence-corrected chi connectivity index (χ2v) is 20.3. The van der Waals surface area contributed by atoms with Gasteiger partial charge in [-0.2, -0.15) is 0 Å². The fourth-order valence-corrected chi connectivity index (χ4v) is 12.3. The summed E-state index contributed by atoms with van der Waals surface area (Å²) in [5, 5.41) is 5.86. The molecule has 0 spiro atoms. The molecule has 0 saturated heterocycles. The molecule has 0 bridgehead atoms. The Kier molecular flexibility index (Phi) is 9.09. The van der Waals surface area contributed by atoms with Crippen molar-refractivity contribution in [3.8, 4) is 38.4 Å². The van der Waals surface area contributed by atoms with Gasteiger partial charge in [-0.3, -0.25) is 0 Å². The SMILES string of the molecule is CC1(C)c2ccccc2-c2ccc(N(c3ccccc3)c3cc(-c4ccc5c(c4)c4ccccc4n5-c4cccs4)cc(N(c4ccccc4)c4ccc5c(c4)C(C)(C)c4ccccc4-5)c3)cc21. The minimum absolute atomic E-state index is 0.153. The lowest BCUT2D eigenvalue weighted by Gasteiger charge is -2.32. The van der Waals surface area contributed by atoms with Crippen LogP contribution >= 0.6 is 11.3 Å². The van der Waals surface area contributed by atoms with Gasteiger partial charge in [-0.1, -0.05) is 149 Å². The number of para-hydroxylation sites is 3. The third-order valence-electron chi connectivity index (χ3n) is 14.8. The molecule has 4 heteroatoms. The Morgan fingerprint density at radius 3 is 1.40 bits per heavy atom. The number of thiophene rings is 1. The monoisotopic (exact) mass is 891 g/mol. The summed E-state index contributed by atoms with van der Waals surface area (Å²) in [6.45, 7) is 9.47. The van der Waals surface area contributed by atoms with E-state index in [9.17, 15) is 0 Å². The molecule has 13 rings (SSSR count). The van der Waals surface area contributed by atoms with Crippen molar-refractivity contribution in [1.82, 2.24) is 4.57 Å². The van der Waals surface area contributed by atoms with Crippen LogP contribution in [0.2, 0.25) is 0 Å². The van der Waals surface area contributed by atoms with Crippen LogP contribution in [0.5, 0.6) is 0 Å². The molecule has 11 aromatic rings. The number of nitrogens with zero attached hydrogens (tertiary/aromatic N) is 3. The highest BCUT2D eigenvalue weighted by atomic mass is 32.1. The van der Waals surface area contributed by atoms with E-state index in [-0.39, 0.29) is 10.8 Å². The van der Waals surface area contributed by atoms with Crippen molar-refractivity contribution < 1.29 is 0 Å². The first-order valence-corrected chi connectivity index (χ1v) is 24.5. The van der Waals surface area contributed by atoms with Crippen LogP contribution in [0.15, 0.2) is 224 Å². The van der Waals surface area contributed by atoms with Gasteiger partial charge >= 0.3 is 0 Å². The second kappa shape index (κ2) is 15.3. The molecule has 9 aromatic carbocycles. The van der Waals surface area contributed by atoms with Crippen LogP contribution < -0.4 is 9.80 Å². The molecule has 0 aliphatic heterocycles. The van der Waals surface area contributed by atoms with E-state index in [0.717, 1.165) is 45.3 Å². The topological polar surface area (TPSA) is 11.4 Å². The van der Waals surface area contributed by atoms with Crippen molar-refractivity contribution in [1.29, 1.82) is 0 Å². The summed E-state index contributed by atoms with van der Waals surface area (Å²) >= 11 is 1.77. The minimum Gasteiger partial charge on any atom is -0.310 e. The molecule has 0 radical (unpaired) electrons. The minimum atomic E-state index is -0.153. The van der Waals surface area contributed by atoms with Crippen LogP contribution in [0.4, 0.5) is 34.1 Å². The molecule has 0 unspecified atom stereocenters. The van der Waals surface area contributed by atoms with Crippen LogP contribution in [0.25, 0.3) is 60.2 Å². The van der Waals surface area contributed by atoms with Gasteiger partial charge < -0.3 is 14.4 Å². The fraction of sp³-hybridized carbons (Fsp3) is 0.0938. The maximum absolute atomic E-state index is 2.46. The third-order valence-corrected chi connectivity index (χ3v) is 15.7. The maximum Gasteiger partial charge on any atom is 0.0999 e. The molecule has 0 fully saturated rings. The maximum atomic E-state index is 2.46. The molecule has 326 valence electrons. The molecule has 2 aromatic heterocycles. The van der Waals surface area contributed by atoms with Gasteiger partial charge in [0.15, 0.2) is 0 Å². The molecule has 2 aliphatic rings. The average Bonchev–Trinajstić information content (AvgIpc) is 4.13. The molecule has 0 saturated carbocycles. The van der Waals surface area contributed by atoms with Gasteiger partial charge in [0, 0.05) is 55.7 Å². The molecule has 0 atom stereocenters. The van der Waals surface area contributed by atoms with Crippen molar-refractivity contribution in [2.75, 3.05) is 9.80 Å². The molecule has 0 N–H and O–H groups in total. The van der Waals surface area contributed by atoms with Gasteiger partial charge in [-0.15, -0.1) is 11.3 Å². The van der Waals surface area contributed by atoms with Crippen molar-refractivity contribution >= 4 is 67.3 Å². The summed E-state index contributed by atoms with van der Waals surface area (Å²) in [6.07, 6.45) is 0. The van der Waals surface area contributed by atoms with Crippen molar-refractivity contribution in [3.05, 3.63) is 246 Å². The van der Waals surface area contributed by atoms with Crippen molar-refractivity contribution in [2.24, 2.45) is 0 Å². The second-order valence-electron chi connectivity index (χ2n) is 19.4. The Balaban J connectivity index is 1.06. The largest absolute Gasteiger partial charge is 0.310 e. The van der Waals surface area contributed by atoms with E-state index in [0.29, 0.717) is 0 Å². The first-order valence-electron chi connectivity index (χ1n) is 23.7. The summed E-state index contributed by atoms with van der Waals surface area (Å²) < 4.78 is 2.41. The average molecular weight is 892 g/mol. The molecule has 0 amide bonds. The van der Waals surface area contributed by atoms with E-state index in [2.05, 4.69) is 266 Å². The molecule has 68 heavy (non-hydrogen) atoms. The Morgan fingerprint density at radius 2 is 0.838 bits per heavy atom. The number of rotatable bonds is 8. The van der Waals surface area contributed by atoms with Crippen LogP contribution in [-0.4, -0.2) is 4.57 Å². The van der Waals surface area contributed by atoms with Gasteiger partial charge in [0.05, 0.1) is 16.0 Å². The zero-order valence-corrected chi connectivity index (χ0v) is 39.4. The van der Waals surface area contributed by atoms with Crippen LogP contribution in [-0.2, 0) is 10.8 Å². The number of hydrogen-bond donors (Lipinski definition) is 0. The summed E-state index contributed by atoms with van der Waals surface area (Å²) in [5.41, 5.74) is 21.7. The Bertz CT molecular complexity index is 3580. The zero-order valence-electron chi connectivity index (χ0n) is 38.6. The molecular formula is C64H49N3S. The summed E-state index contributed by atoms with van der Waals surface area (Å²) in [7, 11) is 0. The third kappa shape index (κ3) is 6.17. The van der Waals surface area contributed by atoms with E-state index >= 15 is 0 Å². The number of fused-ring (bicyclic) bond motifs is 9. The number of aromatic nitrogens is 1. The first kappa shape index (κ1) is 40.4. The number of benzene rings is 9. The molecule has 2 heterocycles. The highest BCUT2D eigenvalue weighted by Crippen LogP contribution is 2.53. The standard InChI is InChI=1S/C64H49N3S/c1-63(2)56-25-14-11-22-50(56)52-32-30-46(40-58(52)63)65(44-18-7-5-8-19-44)48-36-43(42-29-34-61-55(38-42)54-24-13-16-27-60(54)67(61)62-28-17-35-68-62)37-49(39-48)66(45-20-9-6-10-21-45)47-31-33-53-51-23-12-15-26-57(51)64(3,4)59(53)41-47/h5-41H,1-4H3. The van der Waals surface area contributed by atoms with Gasteiger partial charge in [-0.05, 0) is 158 Å². The smallest absolute Gasteiger partial charge is 0.0999 e. The van der Waals surface area contributed by atoms with E-state index in [4.69, 9.17) is 0 Å². The predicted octanol–water partition coefficient (Wildman–Crippen LogP) is 18.1.